The molecule has 4 heterocycles. The molecule has 0 bridgehead atoms. The van der Waals surface area contributed by atoms with E-state index in [-0.39, 0.29) is 6.85 Å². The molecule has 2 aliphatic heterocycles. The highest BCUT2D eigenvalue weighted by atomic mass is 16.3. The number of rotatable bonds is 3. The predicted octanol–water partition coefficient (Wildman–Crippen LogP) is 13.8. The van der Waals surface area contributed by atoms with Crippen molar-refractivity contribution < 1.29 is 4.42 Å². The van der Waals surface area contributed by atoms with E-state index in [1.54, 1.807) is 0 Å². The lowest BCUT2D eigenvalue weighted by atomic mass is 9.44. The Labute approximate surface area is 346 Å². The van der Waals surface area contributed by atoms with E-state index in [1.165, 1.54) is 98.7 Å². The first-order valence-electron chi connectivity index (χ1n) is 20.8. The van der Waals surface area contributed by atoms with Crippen LogP contribution in [0.2, 0.25) is 0 Å². The normalized spacial score (nSPS) is 12.9. The summed E-state index contributed by atoms with van der Waals surface area (Å²) in [5, 5.41) is 9.81. The Morgan fingerprint density at radius 2 is 1.05 bits per heavy atom. The summed E-state index contributed by atoms with van der Waals surface area (Å²) in [4.78, 5) is 2.54. The van der Waals surface area contributed by atoms with Crippen LogP contribution in [-0.2, 0) is 0 Å². The minimum Gasteiger partial charge on any atom is -0.456 e. The zero-order chi connectivity index (χ0) is 39.1. The zero-order valence-corrected chi connectivity index (χ0v) is 32.4. The number of furan rings is 1. The van der Waals surface area contributed by atoms with E-state index in [2.05, 4.69) is 210 Å². The van der Waals surface area contributed by atoms with Crippen molar-refractivity contribution in [2.75, 3.05) is 4.90 Å². The third-order valence-electron chi connectivity index (χ3n) is 13.2. The summed E-state index contributed by atoms with van der Waals surface area (Å²) in [6.45, 7) is -0.0987. The first-order chi connectivity index (χ1) is 29.7. The number of para-hydroxylation sites is 3. The molecule has 276 valence electrons. The number of fused-ring (bicyclic) bond motifs is 13. The molecule has 3 nitrogen and oxygen atoms in total. The lowest BCUT2D eigenvalue weighted by Gasteiger charge is -2.41. The van der Waals surface area contributed by atoms with Gasteiger partial charge in [-0.15, -0.1) is 0 Å². The van der Waals surface area contributed by atoms with E-state index in [9.17, 15) is 0 Å². The quantitative estimate of drug-likeness (QED) is 0.132. The van der Waals surface area contributed by atoms with Crippen LogP contribution in [0.5, 0.6) is 0 Å². The molecule has 0 unspecified atom stereocenters. The van der Waals surface area contributed by atoms with Crippen molar-refractivity contribution >= 4 is 100 Å². The van der Waals surface area contributed by atoms with Gasteiger partial charge < -0.3 is 13.8 Å². The van der Waals surface area contributed by atoms with Crippen LogP contribution in [0.15, 0.2) is 205 Å². The highest BCUT2D eigenvalue weighted by Crippen LogP contribution is 2.50. The second-order valence-electron chi connectivity index (χ2n) is 16.4. The third kappa shape index (κ3) is 4.34. The van der Waals surface area contributed by atoms with Crippen LogP contribution in [0.1, 0.15) is 0 Å². The minimum absolute atomic E-state index is 0.0987. The van der Waals surface area contributed by atoms with E-state index in [0.717, 1.165) is 27.9 Å². The first-order valence-corrected chi connectivity index (χ1v) is 20.8. The highest BCUT2D eigenvalue weighted by Gasteiger charge is 2.44. The molecule has 0 amide bonds. The molecule has 10 aromatic carbocycles. The van der Waals surface area contributed by atoms with Gasteiger partial charge in [-0.05, 0) is 109 Å². The van der Waals surface area contributed by atoms with Crippen LogP contribution in [0.3, 0.4) is 0 Å². The van der Waals surface area contributed by atoms with Crippen LogP contribution < -0.4 is 15.8 Å². The fraction of sp³-hybridized carbons (Fsp3) is 0. The Morgan fingerprint density at radius 1 is 0.417 bits per heavy atom. The number of anilines is 3. The smallest absolute Gasteiger partial charge is 0.333 e. The fourth-order valence-corrected chi connectivity index (χ4v) is 10.7. The van der Waals surface area contributed by atoms with Gasteiger partial charge in [0.05, 0.1) is 0 Å². The van der Waals surface area contributed by atoms with Crippen LogP contribution in [0.4, 0.5) is 17.1 Å². The van der Waals surface area contributed by atoms with Gasteiger partial charge in [-0.1, -0.05) is 146 Å². The van der Waals surface area contributed by atoms with Gasteiger partial charge in [0.1, 0.15) is 11.2 Å². The Balaban J connectivity index is 1.18. The maximum Gasteiger partial charge on any atom is 0.333 e. The molecule has 0 spiro atoms. The van der Waals surface area contributed by atoms with Gasteiger partial charge in [0.25, 0.3) is 0 Å². The predicted molar refractivity (Wildman–Crippen MR) is 253 cm³/mol. The maximum atomic E-state index is 6.91. The summed E-state index contributed by atoms with van der Waals surface area (Å²) < 4.78 is 9.56. The molecule has 0 atom stereocenters. The fourth-order valence-electron chi connectivity index (χ4n) is 10.7. The molecule has 0 N–H and O–H groups in total. The summed E-state index contributed by atoms with van der Waals surface area (Å²) in [7, 11) is 0. The summed E-state index contributed by atoms with van der Waals surface area (Å²) in [5.74, 6) is 0. The minimum atomic E-state index is -0.0987. The van der Waals surface area contributed by atoms with E-state index in [0.29, 0.717) is 0 Å². The van der Waals surface area contributed by atoms with Gasteiger partial charge >= 0.3 is 6.85 Å². The monoisotopic (exact) mass is 760 g/mol. The van der Waals surface area contributed by atoms with Gasteiger partial charge in [0.15, 0.2) is 0 Å². The Bertz CT molecular complexity index is 3730. The average molecular weight is 761 g/mol. The lowest BCUT2D eigenvalue weighted by molar-refractivity contribution is 0.669. The summed E-state index contributed by atoms with van der Waals surface area (Å²) in [6, 6.07) is 73.8. The molecule has 12 aromatic rings. The Morgan fingerprint density at radius 3 is 1.80 bits per heavy atom. The lowest BCUT2D eigenvalue weighted by Crippen LogP contribution is -2.56. The number of hydrogen-bond donors (Lipinski definition) is 0. The van der Waals surface area contributed by atoms with Gasteiger partial charge in [0, 0.05) is 61.3 Å². The second-order valence-corrected chi connectivity index (χ2v) is 16.4. The van der Waals surface area contributed by atoms with Gasteiger partial charge in [0.2, 0.25) is 0 Å². The van der Waals surface area contributed by atoms with Crippen molar-refractivity contribution in [3.05, 3.63) is 200 Å². The van der Waals surface area contributed by atoms with Gasteiger partial charge in [-0.3, -0.25) is 0 Å². The van der Waals surface area contributed by atoms with Crippen LogP contribution in [-0.4, -0.2) is 11.3 Å². The highest BCUT2D eigenvalue weighted by molar-refractivity contribution is 6.90. The molecule has 2 aromatic heterocycles. The maximum absolute atomic E-state index is 6.91. The van der Waals surface area contributed by atoms with Crippen molar-refractivity contribution in [1.29, 1.82) is 0 Å². The molecule has 0 aliphatic carbocycles. The molecule has 60 heavy (non-hydrogen) atoms. The Hall–Kier alpha value is -7.82. The van der Waals surface area contributed by atoms with E-state index >= 15 is 0 Å². The van der Waals surface area contributed by atoms with Crippen molar-refractivity contribution in [3.63, 3.8) is 0 Å². The molecule has 2 aliphatic rings. The molecule has 4 heteroatoms. The van der Waals surface area contributed by atoms with Crippen LogP contribution >= 0.6 is 0 Å². The van der Waals surface area contributed by atoms with Crippen molar-refractivity contribution in [2.45, 2.75) is 0 Å². The number of benzene rings is 10. The van der Waals surface area contributed by atoms with E-state index in [1.807, 2.05) is 0 Å². The largest absolute Gasteiger partial charge is 0.456 e. The molecule has 0 fully saturated rings. The molecular formula is C56H33BN2O. The molecule has 0 radical (unpaired) electrons. The zero-order valence-electron chi connectivity index (χ0n) is 32.4. The van der Waals surface area contributed by atoms with Crippen molar-refractivity contribution in [3.8, 4) is 33.4 Å². The topological polar surface area (TPSA) is 21.3 Å². The van der Waals surface area contributed by atoms with Gasteiger partial charge in [-0.25, -0.2) is 0 Å². The number of hydrogen-bond acceptors (Lipinski definition) is 2. The summed E-state index contributed by atoms with van der Waals surface area (Å²) in [6.07, 6.45) is 0. The molecule has 0 saturated carbocycles. The average Bonchev–Trinajstić information content (AvgIpc) is 3.85. The standard InChI is InChI=1S/C56H33BN2O/c1-3-14-34(15-4-1)38-28-39(35-16-5-2-6-17-35)30-42(29-38)58-49-32-41-27-37-19-8-7-18-36(37)26-40(41)31-47(49)57-55-50(58)33-52-53(45-21-10-12-25-51(45)60-52)54(55)46-23-13-22-44-43-20-9-11-24-48(43)59(57)56(44)46/h1-33H. The number of nitrogens with zero attached hydrogens (tertiary/aromatic N) is 2. The number of aromatic nitrogens is 1. The van der Waals surface area contributed by atoms with Crippen LogP contribution in [0, 0.1) is 0 Å². The second kappa shape index (κ2) is 11.9. The van der Waals surface area contributed by atoms with Crippen molar-refractivity contribution in [2.24, 2.45) is 0 Å². The molecular weight excluding hydrogens is 727 g/mol. The van der Waals surface area contributed by atoms with Crippen molar-refractivity contribution in [1.82, 2.24) is 4.48 Å². The SMILES string of the molecule is c1ccc(-c2cc(-c3ccccc3)cc(N3c4cc5cc6ccccc6cc5cc4B4c5c3cc3oc6ccccc6c3c5-c3cccc5c6ccccc6n4c35)c2)cc1. The summed E-state index contributed by atoms with van der Waals surface area (Å²) >= 11 is 0. The Kier molecular flexibility index (Phi) is 6.37. The van der Waals surface area contributed by atoms with E-state index in [4.69, 9.17) is 4.42 Å². The van der Waals surface area contributed by atoms with Gasteiger partial charge in [-0.2, -0.15) is 0 Å². The third-order valence-corrected chi connectivity index (χ3v) is 13.2. The molecule has 0 saturated heterocycles. The summed E-state index contributed by atoms with van der Waals surface area (Å²) in [5.41, 5.74) is 17.5. The van der Waals surface area contributed by atoms with E-state index < -0.39 is 0 Å². The molecule has 14 rings (SSSR count). The first kappa shape index (κ1) is 32.2. The van der Waals surface area contributed by atoms with Crippen LogP contribution in [0.25, 0.3) is 98.7 Å².